The average molecular weight is 414 g/mol. The van der Waals surface area contributed by atoms with Crippen molar-refractivity contribution >= 4 is 11.6 Å². The minimum atomic E-state index is 0.193. The zero-order valence-corrected chi connectivity index (χ0v) is 17.9. The summed E-state index contributed by atoms with van der Waals surface area (Å²) in [6, 6.07) is 12.3. The van der Waals surface area contributed by atoms with E-state index in [0.29, 0.717) is 6.54 Å². The summed E-state index contributed by atoms with van der Waals surface area (Å²) in [6.45, 7) is 4.98. The van der Waals surface area contributed by atoms with E-state index in [4.69, 9.17) is 4.98 Å². The van der Waals surface area contributed by atoms with E-state index in [9.17, 15) is 4.79 Å². The number of para-hydroxylation sites is 1. The number of anilines is 1. The van der Waals surface area contributed by atoms with E-state index in [0.717, 1.165) is 67.2 Å². The third-order valence-corrected chi connectivity index (χ3v) is 6.37. The van der Waals surface area contributed by atoms with E-state index < -0.39 is 0 Å². The van der Waals surface area contributed by atoms with Crippen LogP contribution in [0, 0.1) is 6.92 Å². The van der Waals surface area contributed by atoms with Gasteiger partial charge in [0.15, 0.2) is 0 Å². The number of likely N-dealkylation sites (tertiary alicyclic amines) is 1. The highest BCUT2D eigenvalue weighted by Gasteiger charge is 2.29. The molecule has 0 saturated carbocycles. The number of piperidine rings is 1. The number of amides is 1. The molecule has 4 heterocycles. The van der Waals surface area contributed by atoms with Crippen LogP contribution >= 0.6 is 0 Å². The van der Waals surface area contributed by atoms with Gasteiger partial charge in [-0.1, -0.05) is 18.2 Å². The Morgan fingerprint density at radius 1 is 1.13 bits per heavy atom. The predicted octanol–water partition coefficient (Wildman–Crippen LogP) is 3.62. The number of pyridine rings is 1. The van der Waals surface area contributed by atoms with Crippen molar-refractivity contribution < 1.29 is 4.79 Å². The average Bonchev–Trinajstić information content (AvgIpc) is 3.24. The second kappa shape index (κ2) is 8.55. The molecule has 3 aromatic rings. The van der Waals surface area contributed by atoms with Crippen LogP contribution in [0.5, 0.6) is 0 Å². The summed E-state index contributed by atoms with van der Waals surface area (Å²) in [5, 5.41) is 0. The van der Waals surface area contributed by atoms with E-state index in [1.165, 1.54) is 5.56 Å². The molecule has 0 aliphatic carbocycles. The fourth-order valence-corrected chi connectivity index (χ4v) is 4.85. The van der Waals surface area contributed by atoms with E-state index in [1.807, 2.05) is 42.3 Å². The quantitative estimate of drug-likeness (QED) is 0.654. The molecule has 0 unspecified atom stereocenters. The Morgan fingerprint density at radius 2 is 1.97 bits per heavy atom. The maximum Gasteiger partial charge on any atom is 0.241 e. The van der Waals surface area contributed by atoms with Gasteiger partial charge in [0.25, 0.3) is 0 Å². The third kappa shape index (κ3) is 4.08. The van der Waals surface area contributed by atoms with Crippen molar-refractivity contribution in [2.45, 2.75) is 32.1 Å². The van der Waals surface area contributed by atoms with Gasteiger partial charge in [-0.15, -0.1) is 0 Å². The second-order valence-corrected chi connectivity index (χ2v) is 8.45. The first-order chi connectivity index (χ1) is 15.2. The first kappa shape index (κ1) is 19.8. The maximum absolute atomic E-state index is 13.1. The van der Waals surface area contributed by atoms with Crippen molar-refractivity contribution in [2.75, 3.05) is 31.1 Å². The summed E-state index contributed by atoms with van der Waals surface area (Å²) in [5.74, 6) is 1.27. The zero-order valence-electron chi connectivity index (χ0n) is 17.9. The number of nitrogens with zero attached hydrogens (tertiary/aromatic N) is 5. The normalized spacial score (nSPS) is 18.7. The van der Waals surface area contributed by atoms with Gasteiger partial charge in [0.2, 0.25) is 5.91 Å². The van der Waals surface area contributed by atoms with Crippen molar-refractivity contribution in [3.8, 4) is 11.1 Å². The Kier molecular flexibility index (Phi) is 5.47. The van der Waals surface area contributed by atoms with Crippen molar-refractivity contribution in [3.63, 3.8) is 0 Å². The highest BCUT2D eigenvalue weighted by Crippen LogP contribution is 2.33. The van der Waals surface area contributed by atoms with Crippen LogP contribution in [-0.4, -0.2) is 51.9 Å². The van der Waals surface area contributed by atoms with Crippen molar-refractivity contribution in [3.05, 3.63) is 72.1 Å². The molecule has 2 aromatic heterocycles. The Hall–Kier alpha value is -3.12. The van der Waals surface area contributed by atoms with Crippen LogP contribution in [0.2, 0.25) is 0 Å². The fourth-order valence-electron chi connectivity index (χ4n) is 4.85. The van der Waals surface area contributed by atoms with Gasteiger partial charge in [0, 0.05) is 48.8 Å². The zero-order chi connectivity index (χ0) is 21.2. The summed E-state index contributed by atoms with van der Waals surface area (Å²) in [6.07, 6.45) is 8.62. The molecule has 1 saturated heterocycles. The molecule has 6 heteroatoms. The van der Waals surface area contributed by atoms with Crippen LogP contribution in [0.4, 0.5) is 5.69 Å². The molecule has 0 bridgehead atoms. The lowest BCUT2D eigenvalue weighted by molar-refractivity contribution is -0.119. The van der Waals surface area contributed by atoms with Crippen LogP contribution in [0.1, 0.15) is 35.8 Å². The topological polar surface area (TPSA) is 62.2 Å². The second-order valence-electron chi connectivity index (χ2n) is 8.45. The van der Waals surface area contributed by atoms with Gasteiger partial charge in [0.05, 0.1) is 12.2 Å². The Balaban J connectivity index is 1.34. The van der Waals surface area contributed by atoms with E-state index in [1.54, 1.807) is 12.4 Å². The molecule has 1 fully saturated rings. The smallest absolute Gasteiger partial charge is 0.241 e. The predicted molar refractivity (Wildman–Crippen MR) is 121 cm³/mol. The van der Waals surface area contributed by atoms with Crippen molar-refractivity contribution in [2.24, 2.45) is 0 Å². The minimum Gasteiger partial charge on any atom is -0.311 e. The molecule has 2 aliphatic heterocycles. The molecule has 1 atom stereocenters. The van der Waals surface area contributed by atoms with Gasteiger partial charge in [-0.25, -0.2) is 9.97 Å². The van der Waals surface area contributed by atoms with Crippen molar-refractivity contribution in [1.82, 2.24) is 19.9 Å². The molecule has 1 aromatic carbocycles. The van der Waals surface area contributed by atoms with Crippen LogP contribution in [0.15, 0.2) is 55.0 Å². The first-order valence-electron chi connectivity index (χ1n) is 11.0. The SMILES string of the molecule is Cc1ncc(-c2ccncc2)c([C@@H]2CCCN(CC(=O)N3CCc4ccccc43)C2)n1. The minimum absolute atomic E-state index is 0.193. The molecule has 31 heavy (non-hydrogen) atoms. The highest BCUT2D eigenvalue weighted by molar-refractivity contribution is 5.96. The molecular weight excluding hydrogens is 386 g/mol. The standard InChI is InChI=1S/C25H27N5O/c1-18-27-15-22(19-8-11-26-12-9-19)25(28-18)21-6-4-13-29(16-21)17-24(31)30-14-10-20-5-2-3-7-23(20)30/h2-3,5,7-9,11-12,15,21H,4,6,10,13-14,16-17H2,1H3/t21-/m1/s1. The number of carbonyl (C=O) groups is 1. The Morgan fingerprint density at radius 3 is 2.84 bits per heavy atom. The lowest BCUT2D eigenvalue weighted by Gasteiger charge is -2.33. The van der Waals surface area contributed by atoms with Gasteiger partial charge in [-0.2, -0.15) is 0 Å². The fraction of sp³-hybridized carbons (Fsp3) is 0.360. The Labute approximate surface area is 183 Å². The Bertz CT molecular complexity index is 1080. The number of benzene rings is 1. The molecule has 0 radical (unpaired) electrons. The number of aryl methyl sites for hydroxylation is 1. The van der Waals surface area contributed by atoms with E-state index in [2.05, 4.69) is 27.0 Å². The van der Waals surface area contributed by atoms with E-state index >= 15 is 0 Å². The van der Waals surface area contributed by atoms with Crippen molar-refractivity contribution in [1.29, 1.82) is 0 Å². The van der Waals surface area contributed by atoms with Crippen LogP contribution < -0.4 is 4.90 Å². The monoisotopic (exact) mass is 413 g/mol. The summed E-state index contributed by atoms with van der Waals surface area (Å²) in [7, 11) is 0. The van der Waals surface area contributed by atoms with Crippen LogP contribution in [0.25, 0.3) is 11.1 Å². The largest absolute Gasteiger partial charge is 0.311 e. The van der Waals surface area contributed by atoms with Gasteiger partial charge >= 0.3 is 0 Å². The summed E-state index contributed by atoms with van der Waals surface area (Å²) < 4.78 is 0. The number of aromatic nitrogens is 3. The van der Waals surface area contributed by atoms with Gasteiger partial charge in [0.1, 0.15) is 5.82 Å². The lowest BCUT2D eigenvalue weighted by Crippen LogP contribution is -2.43. The summed E-state index contributed by atoms with van der Waals surface area (Å²) in [4.78, 5) is 30.8. The summed E-state index contributed by atoms with van der Waals surface area (Å²) in [5.41, 5.74) is 5.59. The molecule has 6 nitrogen and oxygen atoms in total. The third-order valence-electron chi connectivity index (χ3n) is 6.37. The summed E-state index contributed by atoms with van der Waals surface area (Å²) >= 11 is 0. The molecular formula is C25H27N5O. The van der Waals surface area contributed by atoms with Crippen LogP contribution in [-0.2, 0) is 11.2 Å². The molecule has 0 spiro atoms. The highest BCUT2D eigenvalue weighted by atomic mass is 16.2. The number of hydrogen-bond acceptors (Lipinski definition) is 5. The molecule has 1 amide bonds. The van der Waals surface area contributed by atoms with Gasteiger partial charge < -0.3 is 4.90 Å². The van der Waals surface area contributed by atoms with Crippen LogP contribution in [0.3, 0.4) is 0 Å². The van der Waals surface area contributed by atoms with E-state index in [-0.39, 0.29) is 11.8 Å². The number of hydrogen-bond donors (Lipinski definition) is 0. The maximum atomic E-state index is 13.1. The molecule has 5 rings (SSSR count). The van der Waals surface area contributed by atoms with Gasteiger partial charge in [-0.05, 0) is 62.1 Å². The molecule has 2 aliphatic rings. The number of carbonyl (C=O) groups excluding carboxylic acids is 1. The first-order valence-corrected chi connectivity index (χ1v) is 11.0. The number of rotatable bonds is 4. The lowest BCUT2D eigenvalue weighted by atomic mass is 9.90. The number of fused-ring (bicyclic) bond motifs is 1. The van der Waals surface area contributed by atoms with Gasteiger partial charge in [-0.3, -0.25) is 14.7 Å². The molecule has 158 valence electrons. The molecule has 0 N–H and O–H groups in total.